The van der Waals surface area contributed by atoms with Crippen molar-refractivity contribution in [2.24, 2.45) is 0 Å². The number of aryl methyl sites for hydroxylation is 1. The first-order valence-corrected chi connectivity index (χ1v) is 10.3. The molecule has 156 valence electrons. The van der Waals surface area contributed by atoms with Crippen molar-refractivity contribution >= 4 is 5.91 Å². The molecule has 0 aliphatic carbocycles. The summed E-state index contributed by atoms with van der Waals surface area (Å²) in [7, 11) is 1.82. The standard InChI is InChI=1S/C24H27N3O3/c1-17-21(18(2)27(25-17)19-9-5-4-6-10-19)13-14-24(28)26(3)15-20-16-29-22-11-7-8-12-23(22)30-20/h4-12,20H,13-16H2,1-3H3/t20-/m1/s1. The normalized spacial score (nSPS) is 15.1. The molecule has 0 N–H and O–H groups in total. The number of aromatic nitrogens is 2. The Kier molecular flexibility index (Phi) is 5.74. The molecule has 2 heterocycles. The van der Waals surface area contributed by atoms with Gasteiger partial charge in [0.1, 0.15) is 6.61 Å². The highest BCUT2D eigenvalue weighted by Gasteiger charge is 2.24. The number of hydrogen-bond donors (Lipinski definition) is 0. The average Bonchev–Trinajstić information content (AvgIpc) is 3.06. The lowest BCUT2D eigenvalue weighted by Crippen LogP contribution is -2.41. The first-order chi connectivity index (χ1) is 14.5. The number of carbonyl (C=O) groups is 1. The molecule has 0 saturated carbocycles. The molecule has 1 amide bonds. The third kappa shape index (κ3) is 4.17. The van der Waals surface area contributed by atoms with E-state index in [-0.39, 0.29) is 12.0 Å². The number of benzene rings is 2. The lowest BCUT2D eigenvalue weighted by Gasteiger charge is -2.29. The monoisotopic (exact) mass is 405 g/mol. The molecule has 0 bridgehead atoms. The molecule has 6 nitrogen and oxygen atoms in total. The van der Waals surface area contributed by atoms with Crippen molar-refractivity contribution in [3.05, 3.63) is 71.5 Å². The Morgan fingerprint density at radius 1 is 1.10 bits per heavy atom. The average molecular weight is 405 g/mol. The topological polar surface area (TPSA) is 56.6 Å². The Labute approximate surface area is 177 Å². The van der Waals surface area contributed by atoms with Crippen LogP contribution in [0.2, 0.25) is 0 Å². The van der Waals surface area contributed by atoms with Crippen molar-refractivity contribution < 1.29 is 14.3 Å². The predicted molar refractivity (Wildman–Crippen MR) is 115 cm³/mol. The second kappa shape index (κ2) is 8.61. The predicted octanol–water partition coefficient (Wildman–Crippen LogP) is 3.72. The van der Waals surface area contributed by atoms with Crippen LogP contribution in [0.3, 0.4) is 0 Å². The van der Waals surface area contributed by atoms with Crippen molar-refractivity contribution in [3.8, 4) is 17.2 Å². The van der Waals surface area contributed by atoms with E-state index in [0.29, 0.717) is 26.0 Å². The van der Waals surface area contributed by atoms with Gasteiger partial charge < -0.3 is 14.4 Å². The van der Waals surface area contributed by atoms with Gasteiger partial charge in [-0.15, -0.1) is 0 Å². The van der Waals surface area contributed by atoms with Crippen LogP contribution in [0.1, 0.15) is 23.4 Å². The molecule has 1 aliphatic heterocycles. The molecule has 3 aromatic rings. The van der Waals surface area contributed by atoms with Gasteiger partial charge in [-0.1, -0.05) is 30.3 Å². The van der Waals surface area contributed by atoms with E-state index < -0.39 is 0 Å². The Morgan fingerprint density at radius 3 is 2.57 bits per heavy atom. The fraction of sp³-hybridized carbons (Fsp3) is 0.333. The first-order valence-electron chi connectivity index (χ1n) is 10.3. The van der Waals surface area contributed by atoms with E-state index in [4.69, 9.17) is 9.47 Å². The number of amides is 1. The summed E-state index contributed by atoms with van der Waals surface area (Å²) in [5.74, 6) is 1.57. The van der Waals surface area contributed by atoms with Crippen molar-refractivity contribution in [2.45, 2.75) is 32.8 Å². The molecule has 2 aromatic carbocycles. The van der Waals surface area contributed by atoms with Crippen LogP contribution >= 0.6 is 0 Å². The smallest absolute Gasteiger partial charge is 0.222 e. The number of hydrogen-bond acceptors (Lipinski definition) is 4. The molecule has 4 rings (SSSR count). The highest BCUT2D eigenvalue weighted by atomic mass is 16.6. The summed E-state index contributed by atoms with van der Waals surface area (Å²) in [5.41, 5.74) is 4.21. The number of ether oxygens (including phenoxy) is 2. The quantitative estimate of drug-likeness (QED) is 0.627. The number of likely N-dealkylation sites (N-methyl/N-ethyl adjacent to an activating group) is 1. The van der Waals surface area contributed by atoms with Crippen molar-refractivity contribution in [2.75, 3.05) is 20.2 Å². The summed E-state index contributed by atoms with van der Waals surface area (Å²) < 4.78 is 13.7. The fourth-order valence-corrected chi connectivity index (χ4v) is 3.84. The van der Waals surface area contributed by atoms with E-state index in [2.05, 4.69) is 12.0 Å². The second-order valence-electron chi connectivity index (χ2n) is 7.67. The summed E-state index contributed by atoms with van der Waals surface area (Å²) in [6.07, 6.45) is 0.930. The van der Waals surface area contributed by atoms with E-state index >= 15 is 0 Å². The van der Waals surface area contributed by atoms with Gasteiger partial charge in [0.25, 0.3) is 0 Å². The molecule has 6 heteroatoms. The van der Waals surface area contributed by atoms with Crippen molar-refractivity contribution in [1.29, 1.82) is 0 Å². The van der Waals surface area contributed by atoms with Gasteiger partial charge in [0.2, 0.25) is 5.91 Å². The van der Waals surface area contributed by atoms with Crippen LogP contribution in [-0.2, 0) is 11.2 Å². The van der Waals surface area contributed by atoms with Crippen LogP contribution in [0, 0.1) is 13.8 Å². The van der Waals surface area contributed by atoms with Crippen LogP contribution < -0.4 is 9.47 Å². The lowest BCUT2D eigenvalue weighted by atomic mass is 10.1. The molecule has 0 radical (unpaired) electrons. The maximum Gasteiger partial charge on any atom is 0.222 e. The molecule has 0 fully saturated rings. The molecule has 1 aromatic heterocycles. The molecule has 0 saturated heterocycles. The van der Waals surface area contributed by atoms with Crippen molar-refractivity contribution in [3.63, 3.8) is 0 Å². The number of nitrogens with zero attached hydrogens (tertiary/aromatic N) is 3. The number of fused-ring (bicyclic) bond motifs is 1. The number of carbonyl (C=O) groups excluding carboxylic acids is 1. The van der Waals surface area contributed by atoms with Gasteiger partial charge in [-0.2, -0.15) is 5.10 Å². The lowest BCUT2D eigenvalue weighted by molar-refractivity contribution is -0.131. The van der Waals surface area contributed by atoms with E-state index in [9.17, 15) is 4.79 Å². The van der Waals surface area contributed by atoms with E-state index in [1.54, 1.807) is 4.90 Å². The van der Waals surface area contributed by atoms with E-state index in [1.807, 2.05) is 73.3 Å². The SMILES string of the molecule is Cc1nn(-c2ccccc2)c(C)c1CCC(=O)N(C)C[C@@H]1COc2ccccc2O1. The zero-order valence-electron chi connectivity index (χ0n) is 17.7. The molecule has 1 aliphatic rings. The number of para-hydroxylation sites is 3. The summed E-state index contributed by atoms with van der Waals surface area (Å²) >= 11 is 0. The molecular formula is C24H27N3O3. The van der Waals surface area contributed by atoms with Crippen LogP contribution in [0.15, 0.2) is 54.6 Å². The van der Waals surface area contributed by atoms with E-state index in [0.717, 1.165) is 34.1 Å². The highest BCUT2D eigenvalue weighted by Crippen LogP contribution is 2.31. The molecular weight excluding hydrogens is 378 g/mol. The third-order valence-corrected chi connectivity index (χ3v) is 5.50. The Hall–Kier alpha value is -3.28. The summed E-state index contributed by atoms with van der Waals surface area (Å²) in [5, 5.41) is 4.67. The van der Waals surface area contributed by atoms with Crippen molar-refractivity contribution in [1.82, 2.24) is 14.7 Å². The molecule has 1 atom stereocenters. The number of rotatable bonds is 6. The van der Waals surface area contributed by atoms with Gasteiger partial charge in [0.05, 0.1) is 17.9 Å². The van der Waals surface area contributed by atoms with Crippen LogP contribution in [0.5, 0.6) is 11.5 Å². The summed E-state index contributed by atoms with van der Waals surface area (Å²) in [6, 6.07) is 17.7. The Bertz CT molecular complexity index is 1030. The fourth-order valence-electron chi connectivity index (χ4n) is 3.84. The minimum Gasteiger partial charge on any atom is -0.486 e. The van der Waals surface area contributed by atoms with Gasteiger partial charge in [0, 0.05) is 19.2 Å². The van der Waals surface area contributed by atoms with Gasteiger partial charge in [-0.25, -0.2) is 4.68 Å². The molecule has 30 heavy (non-hydrogen) atoms. The summed E-state index contributed by atoms with van der Waals surface area (Å²) in [4.78, 5) is 14.5. The minimum absolute atomic E-state index is 0.0868. The van der Waals surface area contributed by atoms with Gasteiger partial charge in [-0.05, 0) is 50.1 Å². The van der Waals surface area contributed by atoms with Gasteiger partial charge in [0.15, 0.2) is 17.6 Å². The second-order valence-corrected chi connectivity index (χ2v) is 7.67. The zero-order chi connectivity index (χ0) is 21.1. The third-order valence-electron chi connectivity index (χ3n) is 5.50. The summed E-state index contributed by atoms with van der Waals surface area (Å²) in [6.45, 7) is 4.99. The van der Waals surface area contributed by atoms with Gasteiger partial charge >= 0.3 is 0 Å². The highest BCUT2D eigenvalue weighted by molar-refractivity contribution is 5.76. The van der Waals surface area contributed by atoms with Crippen LogP contribution in [0.4, 0.5) is 0 Å². The van der Waals surface area contributed by atoms with Crippen LogP contribution in [-0.4, -0.2) is 46.9 Å². The Balaban J connectivity index is 1.35. The van der Waals surface area contributed by atoms with Gasteiger partial charge in [-0.3, -0.25) is 4.79 Å². The maximum atomic E-state index is 12.7. The minimum atomic E-state index is -0.168. The molecule has 0 unspecified atom stereocenters. The first kappa shape index (κ1) is 20.0. The Morgan fingerprint density at radius 2 is 1.80 bits per heavy atom. The van der Waals surface area contributed by atoms with Crippen LogP contribution in [0.25, 0.3) is 5.69 Å². The molecule has 0 spiro atoms. The van der Waals surface area contributed by atoms with E-state index in [1.165, 1.54) is 0 Å². The zero-order valence-corrected chi connectivity index (χ0v) is 17.7. The maximum absolute atomic E-state index is 12.7. The largest absolute Gasteiger partial charge is 0.486 e.